The van der Waals surface area contributed by atoms with Gasteiger partial charge in [-0.2, -0.15) is 0 Å². The number of benzene rings is 2. The molecular weight excluding hydrogens is 354 g/mol. The van der Waals surface area contributed by atoms with Gasteiger partial charge in [-0.05, 0) is 55.2 Å². The summed E-state index contributed by atoms with van der Waals surface area (Å²) in [6, 6.07) is 8.96. The number of hydrogen-bond acceptors (Lipinski definition) is 5. The molecular formula is C19H18ClN3O3. The molecule has 0 bridgehead atoms. The number of ether oxygens (including phenoxy) is 1. The number of hydrogen-bond donors (Lipinski definition) is 1. The molecule has 0 aliphatic carbocycles. The lowest BCUT2D eigenvalue weighted by molar-refractivity contribution is -0.137. The minimum atomic E-state index is -0.453. The van der Waals surface area contributed by atoms with Crippen LogP contribution < -0.4 is 0 Å². The van der Waals surface area contributed by atoms with Gasteiger partial charge in [0.1, 0.15) is 22.5 Å². The molecule has 0 saturated carbocycles. The summed E-state index contributed by atoms with van der Waals surface area (Å²) in [4.78, 5) is 12.5. The number of esters is 1. The lowest BCUT2D eigenvalue weighted by atomic mass is 10.0. The fraction of sp³-hybridized carbons (Fsp3) is 0.211. The molecule has 0 fully saturated rings. The Labute approximate surface area is 155 Å². The minimum Gasteiger partial charge on any atom is -0.505 e. The fourth-order valence-electron chi connectivity index (χ4n) is 2.67. The second-order valence-electron chi connectivity index (χ2n) is 5.89. The van der Waals surface area contributed by atoms with Gasteiger partial charge in [-0.3, -0.25) is 0 Å². The molecule has 0 saturated heterocycles. The second-order valence-corrected chi connectivity index (χ2v) is 6.33. The number of rotatable bonds is 6. The molecule has 1 N–H and O–H groups in total. The predicted octanol–water partition coefficient (Wildman–Crippen LogP) is 3.75. The molecule has 0 amide bonds. The van der Waals surface area contributed by atoms with E-state index in [0.717, 1.165) is 17.2 Å². The van der Waals surface area contributed by atoms with Crippen molar-refractivity contribution in [3.63, 3.8) is 0 Å². The highest BCUT2D eigenvalue weighted by atomic mass is 35.5. The quantitative estimate of drug-likeness (QED) is 0.405. The molecule has 0 unspecified atom stereocenters. The summed E-state index contributed by atoms with van der Waals surface area (Å²) in [5, 5.41) is 20.0. The summed E-state index contributed by atoms with van der Waals surface area (Å²) < 4.78 is 4.97. The van der Waals surface area contributed by atoms with E-state index in [4.69, 9.17) is 16.3 Å². The Kier molecular flexibility index (Phi) is 5.23. The smallest absolute Gasteiger partial charge is 0.330 e. The van der Waals surface area contributed by atoms with Gasteiger partial charge in [-0.25, -0.2) is 4.79 Å². The van der Waals surface area contributed by atoms with Crippen molar-refractivity contribution in [3.8, 4) is 11.4 Å². The minimum absolute atomic E-state index is 0.108. The lowest BCUT2D eigenvalue weighted by Gasteiger charge is -2.11. The third-order valence-electron chi connectivity index (χ3n) is 3.87. The molecule has 1 heterocycles. The first-order valence-corrected chi connectivity index (χ1v) is 8.50. The van der Waals surface area contributed by atoms with Gasteiger partial charge in [0.15, 0.2) is 0 Å². The summed E-state index contributed by atoms with van der Waals surface area (Å²) in [6.07, 6.45) is 2.26. The summed E-state index contributed by atoms with van der Waals surface area (Å²) in [5.41, 5.74) is 3.55. The van der Waals surface area contributed by atoms with Crippen molar-refractivity contribution >= 4 is 28.6 Å². The van der Waals surface area contributed by atoms with Gasteiger partial charge in [-0.1, -0.05) is 24.2 Å². The van der Waals surface area contributed by atoms with Crippen LogP contribution in [0.1, 0.15) is 17.5 Å². The van der Waals surface area contributed by atoms with E-state index in [1.807, 2.05) is 19.1 Å². The van der Waals surface area contributed by atoms with Crippen molar-refractivity contribution in [2.75, 3.05) is 6.61 Å². The van der Waals surface area contributed by atoms with E-state index in [2.05, 4.69) is 16.8 Å². The first-order valence-electron chi connectivity index (χ1n) is 8.12. The Morgan fingerprint density at radius 1 is 1.31 bits per heavy atom. The molecule has 0 spiro atoms. The Morgan fingerprint density at radius 2 is 2.08 bits per heavy atom. The molecule has 7 heteroatoms. The Hall–Kier alpha value is -2.86. The lowest BCUT2D eigenvalue weighted by Crippen LogP contribution is -2.05. The largest absolute Gasteiger partial charge is 0.505 e. The van der Waals surface area contributed by atoms with Crippen LogP contribution in [-0.2, 0) is 16.0 Å². The molecule has 3 aromatic rings. The second kappa shape index (κ2) is 7.58. The van der Waals surface area contributed by atoms with E-state index in [1.54, 1.807) is 18.2 Å². The number of carbonyl (C=O) groups excluding carboxylic acids is 1. The Balaban J connectivity index is 1.86. The van der Waals surface area contributed by atoms with E-state index in [0.29, 0.717) is 34.6 Å². The fourth-order valence-corrected chi connectivity index (χ4v) is 2.83. The van der Waals surface area contributed by atoms with Gasteiger partial charge < -0.3 is 9.84 Å². The van der Waals surface area contributed by atoms with Crippen LogP contribution in [-0.4, -0.2) is 32.7 Å². The Bertz CT molecular complexity index is 982. The number of phenolic OH excluding ortho intramolecular Hbond substituents is 1. The van der Waals surface area contributed by atoms with Crippen LogP contribution in [0.25, 0.3) is 16.7 Å². The average Bonchev–Trinajstić information content (AvgIpc) is 3.03. The zero-order valence-electron chi connectivity index (χ0n) is 14.3. The molecule has 1 aromatic heterocycles. The van der Waals surface area contributed by atoms with Gasteiger partial charge in [-0.15, -0.1) is 15.0 Å². The van der Waals surface area contributed by atoms with Crippen LogP contribution in [0.3, 0.4) is 0 Å². The molecule has 0 atom stereocenters. The summed E-state index contributed by atoms with van der Waals surface area (Å²) in [6.45, 7) is 5.55. The topological polar surface area (TPSA) is 77.2 Å². The monoisotopic (exact) mass is 371 g/mol. The highest BCUT2D eigenvalue weighted by Gasteiger charge is 2.14. The third-order valence-corrected chi connectivity index (χ3v) is 4.11. The number of aromatic hydroxyl groups is 1. The number of aromatic nitrogens is 3. The molecule has 26 heavy (non-hydrogen) atoms. The first-order chi connectivity index (χ1) is 12.5. The maximum absolute atomic E-state index is 11.1. The predicted molar refractivity (Wildman–Crippen MR) is 99.8 cm³/mol. The van der Waals surface area contributed by atoms with Crippen molar-refractivity contribution in [2.45, 2.75) is 19.8 Å². The number of halogens is 1. The first kappa shape index (κ1) is 17.9. The van der Waals surface area contributed by atoms with Crippen LogP contribution in [0.4, 0.5) is 0 Å². The number of nitrogens with zero attached hydrogens (tertiary/aromatic N) is 3. The molecule has 134 valence electrons. The summed E-state index contributed by atoms with van der Waals surface area (Å²) in [5.74, 6) is -0.345. The number of carbonyl (C=O) groups is 1. The average molecular weight is 372 g/mol. The molecule has 6 nitrogen and oxygen atoms in total. The maximum atomic E-state index is 11.1. The zero-order valence-corrected chi connectivity index (χ0v) is 15.0. The van der Waals surface area contributed by atoms with E-state index in [1.165, 1.54) is 4.80 Å². The van der Waals surface area contributed by atoms with Crippen LogP contribution in [0, 0.1) is 6.92 Å². The van der Waals surface area contributed by atoms with Gasteiger partial charge in [0.05, 0.1) is 6.61 Å². The van der Waals surface area contributed by atoms with E-state index in [9.17, 15) is 9.90 Å². The van der Waals surface area contributed by atoms with Gasteiger partial charge in [0.25, 0.3) is 0 Å². The summed E-state index contributed by atoms with van der Waals surface area (Å²) in [7, 11) is 0. The van der Waals surface area contributed by atoms with E-state index < -0.39 is 5.97 Å². The van der Waals surface area contributed by atoms with E-state index >= 15 is 0 Å². The SMILES string of the molecule is C=CC(=O)OCCCc1cc(C)cc(-n2nc3ccc(Cl)cc3n2)c1O. The Morgan fingerprint density at radius 3 is 2.85 bits per heavy atom. The molecule has 0 aliphatic rings. The van der Waals surface area contributed by atoms with Crippen LogP contribution in [0.15, 0.2) is 43.0 Å². The van der Waals surface area contributed by atoms with Crippen LogP contribution in [0.5, 0.6) is 5.75 Å². The summed E-state index contributed by atoms with van der Waals surface area (Å²) >= 11 is 5.99. The third kappa shape index (κ3) is 3.86. The van der Waals surface area contributed by atoms with E-state index in [-0.39, 0.29) is 12.4 Å². The van der Waals surface area contributed by atoms with Crippen molar-refractivity contribution in [1.29, 1.82) is 0 Å². The normalized spacial score (nSPS) is 10.8. The van der Waals surface area contributed by atoms with Gasteiger partial charge in [0.2, 0.25) is 0 Å². The zero-order chi connectivity index (χ0) is 18.7. The van der Waals surface area contributed by atoms with Crippen molar-refractivity contribution in [1.82, 2.24) is 15.0 Å². The molecule has 0 aliphatic heterocycles. The van der Waals surface area contributed by atoms with Gasteiger partial charge >= 0.3 is 5.97 Å². The van der Waals surface area contributed by atoms with Crippen molar-refractivity contribution < 1.29 is 14.6 Å². The number of fused-ring (bicyclic) bond motifs is 1. The standard InChI is InChI=1S/C19H18ClN3O3/c1-3-18(24)26-8-4-5-13-9-12(2)10-17(19(13)25)23-21-15-7-6-14(20)11-16(15)22-23/h3,6-7,9-11,25H,1,4-5,8H2,2H3. The number of aryl methyl sites for hydroxylation is 2. The maximum Gasteiger partial charge on any atom is 0.330 e. The van der Waals surface area contributed by atoms with Crippen LogP contribution >= 0.6 is 11.6 Å². The molecule has 2 aromatic carbocycles. The van der Waals surface area contributed by atoms with Crippen molar-refractivity contribution in [3.05, 3.63) is 59.1 Å². The molecule has 3 rings (SSSR count). The van der Waals surface area contributed by atoms with Crippen molar-refractivity contribution in [2.24, 2.45) is 0 Å². The van der Waals surface area contributed by atoms with Gasteiger partial charge in [0, 0.05) is 11.1 Å². The molecule has 0 radical (unpaired) electrons. The highest BCUT2D eigenvalue weighted by Crippen LogP contribution is 2.29. The highest BCUT2D eigenvalue weighted by molar-refractivity contribution is 6.31. The number of phenols is 1. The van der Waals surface area contributed by atoms with Crippen LogP contribution in [0.2, 0.25) is 5.02 Å².